The van der Waals surface area contributed by atoms with Gasteiger partial charge in [0.2, 0.25) is 0 Å². The van der Waals surface area contributed by atoms with Crippen LogP contribution >= 0.6 is 15.9 Å². The summed E-state index contributed by atoms with van der Waals surface area (Å²) in [6.07, 6.45) is 0. The molecule has 0 unspecified atom stereocenters. The first-order chi connectivity index (χ1) is 9.18. The van der Waals surface area contributed by atoms with Gasteiger partial charge in [-0.05, 0) is 40.2 Å². The molecular weight excluding hydrogens is 310 g/mol. The average molecular weight is 318 g/mol. The van der Waals surface area contributed by atoms with Crippen LogP contribution in [0, 0.1) is 0 Å². The molecule has 0 radical (unpaired) electrons. The zero-order chi connectivity index (χ0) is 13.4. The highest BCUT2D eigenvalue weighted by molar-refractivity contribution is 9.10. The van der Waals surface area contributed by atoms with E-state index in [1.54, 1.807) is 42.5 Å². The SMILES string of the molecule is O=C1c2ccccc2C(=O)N1Oc1ccccc1Br. The van der Waals surface area contributed by atoms with Gasteiger partial charge in [0.15, 0.2) is 5.75 Å². The van der Waals surface area contributed by atoms with Crippen LogP contribution in [0.15, 0.2) is 53.0 Å². The Morgan fingerprint density at radius 2 is 1.37 bits per heavy atom. The van der Waals surface area contributed by atoms with Crippen molar-refractivity contribution < 1.29 is 14.4 Å². The molecule has 3 rings (SSSR count). The van der Waals surface area contributed by atoms with Crippen molar-refractivity contribution in [3.8, 4) is 5.75 Å². The van der Waals surface area contributed by atoms with E-state index >= 15 is 0 Å². The van der Waals surface area contributed by atoms with Crippen LogP contribution in [0.4, 0.5) is 0 Å². The van der Waals surface area contributed by atoms with Crippen LogP contribution in [0.3, 0.4) is 0 Å². The second kappa shape index (κ2) is 4.51. The maximum atomic E-state index is 12.1. The van der Waals surface area contributed by atoms with Gasteiger partial charge in [0.1, 0.15) is 0 Å². The topological polar surface area (TPSA) is 46.6 Å². The molecule has 5 heteroatoms. The minimum Gasteiger partial charge on any atom is -0.367 e. The molecule has 2 aromatic carbocycles. The Balaban J connectivity index is 1.95. The van der Waals surface area contributed by atoms with E-state index in [2.05, 4.69) is 15.9 Å². The normalized spacial score (nSPS) is 13.6. The molecule has 0 bridgehead atoms. The molecule has 4 nitrogen and oxygen atoms in total. The van der Waals surface area contributed by atoms with E-state index in [1.807, 2.05) is 6.07 Å². The van der Waals surface area contributed by atoms with Crippen molar-refractivity contribution in [3.63, 3.8) is 0 Å². The predicted molar refractivity (Wildman–Crippen MR) is 71.7 cm³/mol. The number of benzene rings is 2. The van der Waals surface area contributed by atoms with Gasteiger partial charge in [0.25, 0.3) is 11.8 Å². The number of amides is 2. The maximum absolute atomic E-state index is 12.1. The smallest absolute Gasteiger partial charge is 0.295 e. The zero-order valence-corrected chi connectivity index (χ0v) is 11.3. The first kappa shape index (κ1) is 11.9. The Morgan fingerprint density at radius 1 is 0.842 bits per heavy atom. The first-order valence-corrected chi connectivity index (χ1v) is 6.38. The van der Waals surface area contributed by atoms with Gasteiger partial charge in [-0.1, -0.05) is 29.3 Å². The second-order valence-corrected chi connectivity index (χ2v) is 4.83. The molecular formula is C14H8BrNO3. The van der Waals surface area contributed by atoms with Crippen LogP contribution < -0.4 is 4.84 Å². The van der Waals surface area contributed by atoms with E-state index in [-0.39, 0.29) is 0 Å². The molecule has 0 N–H and O–H groups in total. The number of para-hydroxylation sites is 1. The number of nitrogens with zero attached hydrogens (tertiary/aromatic N) is 1. The lowest BCUT2D eigenvalue weighted by Gasteiger charge is -2.15. The van der Waals surface area contributed by atoms with E-state index in [1.165, 1.54) is 0 Å². The van der Waals surface area contributed by atoms with Crippen molar-refractivity contribution in [1.82, 2.24) is 5.06 Å². The highest BCUT2D eigenvalue weighted by Crippen LogP contribution is 2.28. The summed E-state index contributed by atoms with van der Waals surface area (Å²) in [5.74, 6) is -0.482. The van der Waals surface area contributed by atoms with E-state index in [0.717, 1.165) is 5.06 Å². The van der Waals surface area contributed by atoms with Gasteiger partial charge in [0.05, 0.1) is 15.6 Å². The lowest BCUT2D eigenvalue weighted by Crippen LogP contribution is -2.33. The maximum Gasteiger partial charge on any atom is 0.295 e. The Morgan fingerprint density at radius 3 is 1.95 bits per heavy atom. The summed E-state index contributed by atoms with van der Waals surface area (Å²) in [5, 5.41) is 0.782. The second-order valence-electron chi connectivity index (χ2n) is 3.97. The molecule has 0 atom stereocenters. The minimum atomic E-state index is -0.448. The fraction of sp³-hybridized carbons (Fsp3) is 0. The highest BCUT2D eigenvalue weighted by atomic mass is 79.9. The zero-order valence-electron chi connectivity index (χ0n) is 9.67. The number of imide groups is 1. The fourth-order valence-electron chi connectivity index (χ4n) is 1.87. The summed E-state index contributed by atoms with van der Waals surface area (Å²) in [7, 11) is 0. The summed E-state index contributed by atoms with van der Waals surface area (Å²) >= 11 is 3.30. The van der Waals surface area contributed by atoms with Crippen LogP contribution in [0.25, 0.3) is 0 Å². The number of hydrogen-bond donors (Lipinski definition) is 0. The number of carbonyl (C=O) groups is 2. The Kier molecular flexibility index (Phi) is 2.83. The predicted octanol–water partition coefficient (Wildman–Crippen LogP) is 3.04. The quantitative estimate of drug-likeness (QED) is 0.800. The third-order valence-corrected chi connectivity index (χ3v) is 3.44. The molecule has 0 aromatic heterocycles. The summed E-state index contributed by atoms with van der Waals surface area (Å²) in [6, 6.07) is 13.7. The number of hydroxylamine groups is 2. The molecule has 1 aliphatic rings. The van der Waals surface area contributed by atoms with Gasteiger partial charge in [-0.15, -0.1) is 0 Å². The number of rotatable bonds is 2. The van der Waals surface area contributed by atoms with E-state index in [4.69, 9.17) is 4.84 Å². The Hall–Kier alpha value is -2.14. The first-order valence-electron chi connectivity index (χ1n) is 5.59. The van der Waals surface area contributed by atoms with Crippen LogP contribution in [-0.2, 0) is 0 Å². The lowest BCUT2D eigenvalue weighted by molar-refractivity contribution is -0.0145. The van der Waals surface area contributed by atoms with Crippen molar-refractivity contribution >= 4 is 27.7 Å². The van der Waals surface area contributed by atoms with E-state index in [9.17, 15) is 9.59 Å². The van der Waals surface area contributed by atoms with Gasteiger partial charge < -0.3 is 4.84 Å². The van der Waals surface area contributed by atoms with Crippen LogP contribution in [0.1, 0.15) is 20.7 Å². The van der Waals surface area contributed by atoms with E-state index in [0.29, 0.717) is 21.3 Å². The van der Waals surface area contributed by atoms with Gasteiger partial charge in [-0.25, -0.2) is 0 Å². The molecule has 0 fully saturated rings. The number of carbonyl (C=O) groups excluding carboxylic acids is 2. The molecule has 2 aromatic rings. The largest absolute Gasteiger partial charge is 0.367 e. The fourth-order valence-corrected chi connectivity index (χ4v) is 2.22. The number of hydrogen-bond acceptors (Lipinski definition) is 3. The molecule has 0 spiro atoms. The van der Waals surface area contributed by atoms with Gasteiger partial charge in [-0.3, -0.25) is 9.59 Å². The Labute approximate surface area is 117 Å². The highest BCUT2D eigenvalue weighted by Gasteiger charge is 2.37. The van der Waals surface area contributed by atoms with Gasteiger partial charge in [-0.2, -0.15) is 0 Å². The molecule has 94 valence electrons. The molecule has 0 saturated carbocycles. The average Bonchev–Trinajstić information content (AvgIpc) is 2.67. The van der Waals surface area contributed by atoms with E-state index < -0.39 is 11.8 Å². The summed E-state index contributed by atoms with van der Waals surface area (Å²) in [4.78, 5) is 29.6. The summed E-state index contributed by atoms with van der Waals surface area (Å²) in [6.45, 7) is 0. The minimum absolute atomic E-state index is 0.361. The molecule has 1 heterocycles. The van der Waals surface area contributed by atoms with Crippen LogP contribution in [0.2, 0.25) is 0 Å². The third-order valence-electron chi connectivity index (χ3n) is 2.78. The molecule has 19 heavy (non-hydrogen) atoms. The lowest BCUT2D eigenvalue weighted by atomic mass is 10.1. The molecule has 1 aliphatic heterocycles. The van der Waals surface area contributed by atoms with Crippen molar-refractivity contribution in [2.45, 2.75) is 0 Å². The Bertz CT molecular complexity index is 649. The van der Waals surface area contributed by atoms with Crippen molar-refractivity contribution in [3.05, 3.63) is 64.1 Å². The van der Waals surface area contributed by atoms with Crippen LogP contribution in [-0.4, -0.2) is 16.9 Å². The number of fused-ring (bicyclic) bond motifs is 1. The van der Waals surface area contributed by atoms with Crippen LogP contribution in [0.5, 0.6) is 5.75 Å². The standard InChI is InChI=1S/C14H8BrNO3/c15-11-7-3-4-8-12(11)19-16-13(17)9-5-1-2-6-10(9)14(16)18/h1-8H. The number of halogens is 1. The van der Waals surface area contributed by atoms with Gasteiger partial charge >= 0.3 is 0 Å². The monoisotopic (exact) mass is 317 g/mol. The molecule has 2 amide bonds. The molecule has 0 saturated heterocycles. The van der Waals surface area contributed by atoms with Gasteiger partial charge in [0, 0.05) is 0 Å². The van der Waals surface area contributed by atoms with Crippen molar-refractivity contribution in [1.29, 1.82) is 0 Å². The molecule has 0 aliphatic carbocycles. The third kappa shape index (κ3) is 1.92. The summed E-state index contributed by atoms with van der Waals surface area (Å²) in [5.41, 5.74) is 0.721. The van der Waals surface area contributed by atoms with Crippen molar-refractivity contribution in [2.75, 3.05) is 0 Å². The summed E-state index contributed by atoms with van der Waals surface area (Å²) < 4.78 is 0.673. The van der Waals surface area contributed by atoms with Crippen molar-refractivity contribution in [2.24, 2.45) is 0 Å².